The summed E-state index contributed by atoms with van der Waals surface area (Å²) in [5.74, 6) is -7.29. The van der Waals surface area contributed by atoms with Gasteiger partial charge in [0.1, 0.15) is 48.3 Å². The molecule has 0 aromatic heterocycles. The molecule has 9 aliphatic rings. The van der Waals surface area contributed by atoms with Gasteiger partial charge in [-0.25, -0.2) is 4.79 Å². The number of ketones is 1. The van der Waals surface area contributed by atoms with Gasteiger partial charge >= 0.3 is 11.9 Å². The maximum Gasteiger partial charge on any atom is 0.336 e. The average Bonchev–Trinajstić information content (AvgIpc) is 4.06. The fourth-order valence-corrected chi connectivity index (χ4v) is 12.5. The fraction of sp³-hybridized carbons (Fsp3) is 0.851. The number of carboxylic acid groups (broad SMARTS) is 1. The van der Waals surface area contributed by atoms with E-state index in [2.05, 4.69) is 13.0 Å². The molecular weight excluding hydrogens is 821 g/mol. The van der Waals surface area contributed by atoms with Crippen molar-refractivity contribution in [1.82, 2.24) is 0 Å². The third-order valence-electron chi connectivity index (χ3n) is 16.0. The molecular formula is C47H68O16. The lowest BCUT2D eigenvalue weighted by Gasteiger charge is -2.46. The molecule has 4 N–H and O–H groups in total. The van der Waals surface area contributed by atoms with E-state index >= 15 is 0 Å². The van der Waals surface area contributed by atoms with E-state index in [0.29, 0.717) is 57.8 Å². The smallest absolute Gasteiger partial charge is 0.336 e. The van der Waals surface area contributed by atoms with Crippen molar-refractivity contribution in [3.8, 4) is 0 Å². The topological polar surface area (TPSA) is 215 Å². The first-order valence-corrected chi connectivity index (χ1v) is 23.5. The van der Waals surface area contributed by atoms with Crippen molar-refractivity contribution in [3.05, 3.63) is 23.8 Å². The summed E-state index contributed by atoms with van der Waals surface area (Å²) in [6.07, 6.45) is 2.32. The second-order valence-corrected chi connectivity index (χ2v) is 21.1. The minimum absolute atomic E-state index is 0.0310. The Bertz CT molecular complexity index is 1860. The molecule has 8 fully saturated rings. The van der Waals surface area contributed by atoms with Crippen LogP contribution in [0.4, 0.5) is 0 Å². The second-order valence-electron chi connectivity index (χ2n) is 21.1. The number of carbonyl (C=O) groups excluding carboxylic acids is 2. The number of aliphatic hydroxyl groups excluding tert-OH is 2. The minimum Gasteiger partial charge on any atom is -0.479 e. The van der Waals surface area contributed by atoms with E-state index in [1.165, 1.54) is 0 Å². The Morgan fingerprint density at radius 3 is 2.37 bits per heavy atom. The standard InChI is InChI=1S/C47H68O16/c1-25-9-10-31-33(21-36(56-31)47(54)38(49)27(3)13-19-55-47)57-40(51)28(4)30-8-7-14-45(58-30)16-11-32(59-45)39(50)43(6)23-29(48)37(62-43)34-24-44(41(52)53)17-18-46(60-34,63-44)35-12-15-42(5,61-35)22-26(2)20-25/h9-10,20,26-28,30-39,49-50,54H,7-8,11-19,21-24H2,1-6H3,(H,52,53)/b10-9+,25-20-/t26-,27+,28+,30?,31+,32?,33+,34+,35+,36?,37?,38+,39-,42+,43+,44?,45-,46-,47+/m0/s1. The van der Waals surface area contributed by atoms with Gasteiger partial charge in [0.05, 0.1) is 36.4 Å². The van der Waals surface area contributed by atoms with Crippen LogP contribution in [0.3, 0.4) is 0 Å². The summed E-state index contributed by atoms with van der Waals surface area (Å²) in [5.41, 5.74) is -2.63. The van der Waals surface area contributed by atoms with Crippen molar-refractivity contribution >= 4 is 17.7 Å². The van der Waals surface area contributed by atoms with Gasteiger partial charge in [-0.3, -0.25) is 9.59 Å². The van der Waals surface area contributed by atoms with E-state index in [4.69, 9.17) is 42.6 Å². The number of Topliss-reactive ketones (excluding diaryl/α,β-unsaturated/α-hetero) is 1. The molecule has 0 aromatic rings. The number of aliphatic hydroxyl groups is 3. The van der Waals surface area contributed by atoms with Crippen LogP contribution in [0.5, 0.6) is 0 Å². The van der Waals surface area contributed by atoms with Crippen LogP contribution in [-0.4, -0.2) is 140 Å². The van der Waals surface area contributed by atoms with Gasteiger partial charge in [-0.2, -0.15) is 0 Å². The summed E-state index contributed by atoms with van der Waals surface area (Å²) < 4.78 is 58.2. The maximum absolute atomic E-state index is 14.1. The number of hydrogen-bond donors (Lipinski definition) is 4. The molecule has 19 atom stereocenters. The molecule has 16 heteroatoms. The number of fused-ring (bicyclic) bond motifs is 10. The van der Waals surface area contributed by atoms with Gasteiger partial charge in [0.15, 0.2) is 23.0 Å². The Labute approximate surface area is 369 Å². The van der Waals surface area contributed by atoms with Crippen LogP contribution < -0.4 is 0 Å². The number of aliphatic carboxylic acids is 1. The normalized spacial score (nSPS) is 54.2. The molecule has 352 valence electrons. The minimum atomic E-state index is -1.99. The average molecular weight is 889 g/mol. The van der Waals surface area contributed by atoms with Crippen molar-refractivity contribution in [1.29, 1.82) is 0 Å². The number of hydrogen-bond acceptors (Lipinski definition) is 15. The zero-order valence-electron chi connectivity index (χ0n) is 37.5. The molecule has 5 unspecified atom stereocenters. The summed E-state index contributed by atoms with van der Waals surface area (Å²) in [6, 6.07) is 0. The van der Waals surface area contributed by atoms with Crippen LogP contribution >= 0.6 is 0 Å². The first-order chi connectivity index (χ1) is 29.7. The van der Waals surface area contributed by atoms with Gasteiger partial charge in [-0.15, -0.1) is 0 Å². The van der Waals surface area contributed by atoms with Gasteiger partial charge in [-0.05, 0) is 90.9 Å². The summed E-state index contributed by atoms with van der Waals surface area (Å²) in [5, 5.41) is 45.4. The highest BCUT2D eigenvalue weighted by molar-refractivity contribution is 5.87. The van der Waals surface area contributed by atoms with Gasteiger partial charge < -0.3 is 63.1 Å². The first-order valence-electron chi connectivity index (χ1n) is 23.5. The largest absolute Gasteiger partial charge is 0.479 e. The van der Waals surface area contributed by atoms with Crippen LogP contribution in [-0.2, 0) is 57.0 Å². The third kappa shape index (κ3) is 8.18. The molecule has 9 aliphatic heterocycles. The summed E-state index contributed by atoms with van der Waals surface area (Å²) in [4.78, 5) is 40.9. The zero-order valence-corrected chi connectivity index (χ0v) is 37.5. The van der Waals surface area contributed by atoms with E-state index in [1.807, 2.05) is 32.9 Å². The predicted molar refractivity (Wildman–Crippen MR) is 220 cm³/mol. The molecule has 63 heavy (non-hydrogen) atoms. The first kappa shape index (κ1) is 45.8. The third-order valence-corrected chi connectivity index (χ3v) is 16.0. The van der Waals surface area contributed by atoms with Crippen molar-refractivity contribution < 1.29 is 77.4 Å². The highest BCUT2D eigenvalue weighted by Gasteiger charge is 2.68. The molecule has 9 rings (SSSR count). The summed E-state index contributed by atoms with van der Waals surface area (Å²) >= 11 is 0. The molecule has 16 nitrogen and oxygen atoms in total. The quantitative estimate of drug-likeness (QED) is 0.284. The molecule has 0 aliphatic carbocycles. The number of carboxylic acids is 1. The zero-order chi connectivity index (χ0) is 44.9. The number of allylic oxidation sites excluding steroid dienone is 3. The van der Waals surface area contributed by atoms with Gasteiger partial charge in [0.2, 0.25) is 5.79 Å². The van der Waals surface area contributed by atoms with E-state index in [0.717, 1.165) is 5.57 Å². The summed E-state index contributed by atoms with van der Waals surface area (Å²) in [7, 11) is 0. The van der Waals surface area contributed by atoms with Gasteiger partial charge in [0.25, 0.3) is 0 Å². The number of ether oxygens (including phenoxy) is 9. The lowest BCUT2D eigenvalue weighted by atomic mass is 9.87. The predicted octanol–water partition coefficient (Wildman–Crippen LogP) is 4.32. The molecule has 10 bridgehead atoms. The fourth-order valence-electron chi connectivity index (χ4n) is 12.5. The van der Waals surface area contributed by atoms with Crippen LogP contribution in [0.25, 0.3) is 0 Å². The second kappa shape index (κ2) is 16.5. The van der Waals surface area contributed by atoms with Gasteiger partial charge in [0, 0.05) is 38.5 Å². The number of rotatable bonds is 2. The van der Waals surface area contributed by atoms with E-state index in [9.17, 15) is 34.8 Å². The van der Waals surface area contributed by atoms with Crippen molar-refractivity contribution in [2.45, 2.75) is 227 Å². The van der Waals surface area contributed by atoms with Crippen LogP contribution in [0.15, 0.2) is 23.8 Å². The summed E-state index contributed by atoms with van der Waals surface area (Å²) in [6.45, 7) is 11.6. The molecule has 0 saturated carbocycles. The molecule has 0 radical (unpaired) electrons. The molecule has 9 heterocycles. The monoisotopic (exact) mass is 888 g/mol. The Morgan fingerprint density at radius 1 is 0.810 bits per heavy atom. The van der Waals surface area contributed by atoms with Crippen LogP contribution in [0.1, 0.15) is 131 Å². The Kier molecular flexibility index (Phi) is 12.0. The molecule has 0 amide bonds. The van der Waals surface area contributed by atoms with Crippen molar-refractivity contribution in [2.75, 3.05) is 6.61 Å². The van der Waals surface area contributed by atoms with E-state index in [1.54, 1.807) is 13.8 Å². The van der Waals surface area contributed by atoms with Crippen molar-refractivity contribution in [2.24, 2.45) is 17.8 Å². The highest BCUT2D eigenvalue weighted by atomic mass is 16.8. The van der Waals surface area contributed by atoms with E-state index in [-0.39, 0.29) is 56.3 Å². The maximum atomic E-state index is 14.1. The molecule has 2 spiro atoms. The number of esters is 1. The Hall–Kier alpha value is -2.35. The van der Waals surface area contributed by atoms with E-state index < -0.39 is 113 Å². The van der Waals surface area contributed by atoms with Crippen LogP contribution in [0.2, 0.25) is 0 Å². The van der Waals surface area contributed by atoms with Gasteiger partial charge in [-0.1, -0.05) is 37.6 Å². The lowest BCUT2D eigenvalue weighted by molar-refractivity contribution is -0.358. The van der Waals surface area contributed by atoms with Crippen LogP contribution in [0, 0.1) is 17.8 Å². The SMILES string of the molecule is CC1=C/[C@H](C)C[C@@]2(C)CC[C@@H](O2)[C@@]23CCC(C(=O)O)(C[C@@H](O2)C2O[C@](C)(CC2=O)[C@@H](O)C2CC[C@]4(CCCC(O4)[C@@H](C)C(=O)O[C@@H]4CC([C@@]5(O)OCC[C@@H](C)[C@H]5O)O[C@@H]4\C=C\1)O2)O3. The lowest BCUT2D eigenvalue weighted by Crippen LogP contribution is -2.60. The Morgan fingerprint density at radius 2 is 1.59 bits per heavy atom. The number of carbonyl (C=O) groups is 3. The molecule has 0 aromatic carbocycles. The molecule has 8 saturated heterocycles. The van der Waals surface area contributed by atoms with Crippen molar-refractivity contribution in [3.63, 3.8) is 0 Å². The Balaban J connectivity index is 1.01. The highest BCUT2D eigenvalue weighted by Crippen LogP contribution is 2.55.